The SMILES string of the molecule is Cc1nnc(CN=C(NCCCOCC2CCCO2)NCCCN2CCOCC2)n1C. The second-order valence-corrected chi connectivity index (χ2v) is 8.11. The van der Waals surface area contributed by atoms with E-state index in [1.807, 2.05) is 18.5 Å². The second kappa shape index (κ2) is 13.6. The van der Waals surface area contributed by atoms with Crippen LogP contribution in [0.5, 0.6) is 0 Å². The van der Waals surface area contributed by atoms with Gasteiger partial charge in [0.2, 0.25) is 0 Å². The number of nitrogens with zero attached hydrogens (tertiary/aromatic N) is 5. The molecule has 2 fully saturated rings. The summed E-state index contributed by atoms with van der Waals surface area (Å²) in [6.07, 6.45) is 4.54. The van der Waals surface area contributed by atoms with Crippen LogP contribution in [0.15, 0.2) is 4.99 Å². The second-order valence-electron chi connectivity index (χ2n) is 8.11. The Kier molecular flexibility index (Phi) is 10.5. The first-order chi connectivity index (χ1) is 15.2. The first-order valence-corrected chi connectivity index (χ1v) is 11.6. The highest BCUT2D eigenvalue weighted by Crippen LogP contribution is 2.11. The molecule has 2 aliphatic heterocycles. The van der Waals surface area contributed by atoms with Crippen molar-refractivity contribution in [3.8, 4) is 0 Å². The maximum absolute atomic E-state index is 5.75. The smallest absolute Gasteiger partial charge is 0.191 e. The highest BCUT2D eigenvalue weighted by atomic mass is 16.5. The number of morpholine rings is 1. The Hall–Kier alpha value is -1.75. The molecule has 1 unspecified atom stereocenters. The molecule has 1 aromatic heterocycles. The Balaban J connectivity index is 1.37. The van der Waals surface area contributed by atoms with E-state index in [-0.39, 0.29) is 6.10 Å². The van der Waals surface area contributed by atoms with E-state index in [2.05, 4.69) is 25.7 Å². The molecule has 10 nitrogen and oxygen atoms in total. The third kappa shape index (κ3) is 8.72. The van der Waals surface area contributed by atoms with E-state index in [0.29, 0.717) is 13.2 Å². The third-order valence-electron chi connectivity index (χ3n) is 5.69. The summed E-state index contributed by atoms with van der Waals surface area (Å²) >= 11 is 0. The van der Waals surface area contributed by atoms with Crippen molar-refractivity contribution in [2.45, 2.75) is 45.3 Å². The summed E-state index contributed by atoms with van der Waals surface area (Å²) in [6, 6.07) is 0. The fraction of sp³-hybridized carbons (Fsp3) is 0.857. The Labute approximate surface area is 185 Å². The number of hydrogen-bond donors (Lipinski definition) is 2. The van der Waals surface area contributed by atoms with Crippen LogP contribution in [-0.2, 0) is 27.8 Å². The van der Waals surface area contributed by atoms with Crippen LogP contribution in [0.1, 0.15) is 37.3 Å². The van der Waals surface area contributed by atoms with Crippen LogP contribution in [0.2, 0.25) is 0 Å². The van der Waals surface area contributed by atoms with Gasteiger partial charge in [-0.1, -0.05) is 0 Å². The van der Waals surface area contributed by atoms with E-state index in [1.54, 1.807) is 0 Å². The van der Waals surface area contributed by atoms with E-state index in [1.165, 1.54) is 0 Å². The van der Waals surface area contributed by atoms with Crippen molar-refractivity contribution in [1.82, 2.24) is 30.3 Å². The van der Waals surface area contributed by atoms with E-state index in [9.17, 15) is 0 Å². The van der Waals surface area contributed by atoms with Crippen LogP contribution < -0.4 is 10.6 Å². The minimum Gasteiger partial charge on any atom is -0.379 e. The van der Waals surface area contributed by atoms with Gasteiger partial charge in [-0.05, 0) is 39.2 Å². The van der Waals surface area contributed by atoms with Gasteiger partial charge in [0.15, 0.2) is 11.8 Å². The van der Waals surface area contributed by atoms with Gasteiger partial charge in [0.05, 0.1) is 25.9 Å². The molecule has 3 rings (SSSR count). The lowest BCUT2D eigenvalue weighted by molar-refractivity contribution is 0.0168. The van der Waals surface area contributed by atoms with Gasteiger partial charge in [0, 0.05) is 46.4 Å². The lowest BCUT2D eigenvalue weighted by Crippen LogP contribution is -2.41. The highest BCUT2D eigenvalue weighted by molar-refractivity contribution is 5.79. The molecule has 0 amide bonds. The predicted molar refractivity (Wildman–Crippen MR) is 119 cm³/mol. The Morgan fingerprint density at radius 2 is 1.97 bits per heavy atom. The molecule has 31 heavy (non-hydrogen) atoms. The van der Waals surface area contributed by atoms with Gasteiger partial charge in [0.25, 0.3) is 0 Å². The molecule has 1 atom stereocenters. The summed E-state index contributed by atoms with van der Waals surface area (Å²) in [5.74, 6) is 2.55. The molecule has 3 heterocycles. The number of nitrogens with one attached hydrogen (secondary N) is 2. The Bertz CT molecular complexity index is 655. The van der Waals surface area contributed by atoms with E-state index in [4.69, 9.17) is 19.2 Å². The first kappa shape index (κ1) is 23.9. The molecule has 0 saturated carbocycles. The summed E-state index contributed by atoms with van der Waals surface area (Å²) in [6.45, 7) is 11.2. The molecular weight excluding hydrogens is 398 g/mol. The highest BCUT2D eigenvalue weighted by Gasteiger charge is 2.15. The fourth-order valence-electron chi connectivity index (χ4n) is 3.62. The number of aliphatic imine (C=N–C) groups is 1. The Morgan fingerprint density at radius 3 is 2.68 bits per heavy atom. The van der Waals surface area contributed by atoms with Crippen molar-refractivity contribution < 1.29 is 14.2 Å². The van der Waals surface area contributed by atoms with Crippen molar-refractivity contribution in [3.63, 3.8) is 0 Å². The summed E-state index contributed by atoms with van der Waals surface area (Å²) in [5.41, 5.74) is 0. The quantitative estimate of drug-likeness (QED) is 0.277. The lowest BCUT2D eigenvalue weighted by atomic mass is 10.2. The maximum atomic E-state index is 5.75. The minimum atomic E-state index is 0.285. The first-order valence-electron chi connectivity index (χ1n) is 11.6. The maximum Gasteiger partial charge on any atom is 0.191 e. The van der Waals surface area contributed by atoms with Gasteiger partial charge in [0.1, 0.15) is 12.4 Å². The molecule has 0 aromatic carbocycles. The predicted octanol–water partition coefficient (Wildman–Crippen LogP) is 0.467. The van der Waals surface area contributed by atoms with E-state index < -0.39 is 0 Å². The molecule has 176 valence electrons. The normalized spacial score (nSPS) is 20.3. The third-order valence-corrected chi connectivity index (χ3v) is 5.69. The number of ether oxygens (including phenoxy) is 3. The van der Waals surface area contributed by atoms with Crippen molar-refractivity contribution >= 4 is 5.96 Å². The molecular formula is C21H39N7O3. The van der Waals surface area contributed by atoms with Crippen LogP contribution >= 0.6 is 0 Å². The molecule has 0 radical (unpaired) electrons. The summed E-state index contributed by atoms with van der Waals surface area (Å²) in [4.78, 5) is 7.16. The van der Waals surface area contributed by atoms with Crippen LogP contribution in [-0.4, -0.2) is 97.5 Å². The van der Waals surface area contributed by atoms with Crippen LogP contribution in [0.3, 0.4) is 0 Å². The largest absolute Gasteiger partial charge is 0.379 e. The summed E-state index contributed by atoms with van der Waals surface area (Å²) in [7, 11) is 1.97. The molecule has 1 aromatic rings. The number of aryl methyl sites for hydroxylation is 1. The lowest BCUT2D eigenvalue weighted by Gasteiger charge is -2.26. The molecule has 0 aliphatic carbocycles. The molecule has 0 bridgehead atoms. The Morgan fingerprint density at radius 1 is 1.16 bits per heavy atom. The molecule has 0 spiro atoms. The summed E-state index contributed by atoms with van der Waals surface area (Å²) < 4.78 is 18.7. The van der Waals surface area contributed by atoms with Gasteiger partial charge in [-0.3, -0.25) is 4.90 Å². The topological polar surface area (TPSA) is 98.1 Å². The summed E-state index contributed by atoms with van der Waals surface area (Å²) in [5, 5.41) is 15.2. The zero-order valence-corrected chi connectivity index (χ0v) is 19.1. The monoisotopic (exact) mass is 437 g/mol. The van der Waals surface area contributed by atoms with Crippen molar-refractivity contribution in [1.29, 1.82) is 0 Å². The van der Waals surface area contributed by atoms with Crippen LogP contribution in [0.4, 0.5) is 0 Å². The number of hydrogen-bond acceptors (Lipinski definition) is 7. The van der Waals surface area contributed by atoms with Crippen LogP contribution in [0.25, 0.3) is 0 Å². The number of guanidine groups is 1. The average Bonchev–Trinajstić information content (AvgIpc) is 3.42. The molecule has 10 heteroatoms. The van der Waals surface area contributed by atoms with E-state index >= 15 is 0 Å². The van der Waals surface area contributed by atoms with Gasteiger partial charge in [-0.15, -0.1) is 10.2 Å². The zero-order valence-electron chi connectivity index (χ0n) is 19.1. The van der Waals surface area contributed by atoms with Gasteiger partial charge < -0.3 is 29.4 Å². The van der Waals surface area contributed by atoms with Gasteiger partial charge in [-0.25, -0.2) is 4.99 Å². The van der Waals surface area contributed by atoms with Crippen LogP contribution in [0, 0.1) is 6.92 Å². The van der Waals surface area contributed by atoms with Gasteiger partial charge in [-0.2, -0.15) is 0 Å². The van der Waals surface area contributed by atoms with E-state index in [0.717, 1.165) is 102 Å². The fourth-order valence-corrected chi connectivity index (χ4v) is 3.62. The standard InChI is InChI=1S/C21H39N7O3/c1-18-25-26-20(27(18)2)16-24-21(22-7-4-9-28-10-14-29-15-11-28)23-8-5-12-30-17-19-6-3-13-31-19/h19H,3-17H2,1-2H3,(H2,22,23,24). The van der Waals surface area contributed by atoms with Gasteiger partial charge >= 0.3 is 0 Å². The average molecular weight is 438 g/mol. The number of aromatic nitrogens is 3. The molecule has 2 saturated heterocycles. The zero-order chi connectivity index (χ0) is 21.7. The molecule has 2 aliphatic rings. The van der Waals surface area contributed by atoms with Crippen molar-refractivity contribution in [2.75, 3.05) is 65.8 Å². The van der Waals surface area contributed by atoms with Crippen molar-refractivity contribution in [3.05, 3.63) is 11.6 Å². The number of rotatable bonds is 12. The molecule has 2 N–H and O–H groups in total. The minimum absolute atomic E-state index is 0.285. The van der Waals surface area contributed by atoms with Crippen molar-refractivity contribution in [2.24, 2.45) is 12.0 Å².